The summed E-state index contributed by atoms with van der Waals surface area (Å²) in [5, 5.41) is 29.9. The van der Waals surface area contributed by atoms with Crippen LogP contribution in [0.3, 0.4) is 0 Å². The van der Waals surface area contributed by atoms with E-state index in [-0.39, 0.29) is 24.0 Å². The van der Waals surface area contributed by atoms with Crippen LogP contribution in [-0.4, -0.2) is 47.2 Å². The van der Waals surface area contributed by atoms with Crippen molar-refractivity contribution in [2.45, 2.75) is 26.2 Å². The highest BCUT2D eigenvalue weighted by molar-refractivity contribution is 5.95. The number of carbonyl (C=O) groups excluding carboxylic acids is 1. The molecule has 1 amide bonds. The van der Waals surface area contributed by atoms with Crippen LogP contribution in [0, 0.1) is 6.92 Å². The number of hydrogen-bond acceptors (Lipinski definition) is 7. The summed E-state index contributed by atoms with van der Waals surface area (Å²) >= 11 is 0. The third-order valence-electron chi connectivity index (χ3n) is 5.15. The standard InChI is InChI=1S/C20H19N7O3/c1-3-30-15-8-12(4-5-14(15)28)13-9-18(29)22-20-19(13)11(2)24-27(20)17-7-6-16-23-21-10-26(16)25-17/h4-8,10,13,28H,3,9H2,1-2H3,(H,22,29). The molecule has 10 nitrogen and oxygen atoms in total. The molecule has 0 aliphatic carbocycles. The number of phenols is 1. The van der Waals surface area contributed by atoms with Crippen LogP contribution in [0.15, 0.2) is 36.7 Å². The van der Waals surface area contributed by atoms with Gasteiger partial charge in [-0.2, -0.15) is 14.3 Å². The Bertz CT molecular complexity index is 1280. The maximum Gasteiger partial charge on any atom is 0.226 e. The highest BCUT2D eigenvalue weighted by atomic mass is 16.5. The minimum Gasteiger partial charge on any atom is -0.504 e. The summed E-state index contributed by atoms with van der Waals surface area (Å²) in [6, 6.07) is 8.75. The summed E-state index contributed by atoms with van der Waals surface area (Å²) in [6.45, 7) is 4.19. The first-order chi connectivity index (χ1) is 14.5. The molecule has 3 aromatic heterocycles. The van der Waals surface area contributed by atoms with Crippen molar-refractivity contribution in [3.63, 3.8) is 0 Å². The molecule has 30 heavy (non-hydrogen) atoms. The van der Waals surface area contributed by atoms with Gasteiger partial charge in [0, 0.05) is 17.9 Å². The van der Waals surface area contributed by atoms with Gasteiger partial charge in [0.2, 0.25) is 5.91 Å². The molecule has 1 unspecified atom stereocenters. The number of nitrogens with one attached hydrogen (secondary N) is 1. The molecule has 4 aromatic rings. The number of fused-ring (bicyclic) bond motifs is 2. The first-order valence-electron chi connectivity index (χ1n) is 9.57. The van der Waals surface area contributed by atoms with Crippen LogP contribution in [0.25, 0.3) is 11.5 Å². The second kappa shape index (κ2) is 6.83. The Balaban J connectivity index is 1.64. The maximum absolute atomic E-state index is 12.6. The van der Waals surface area contributed by atoms with Crippen molar-refractivity contribution in [2.24, 2.45) is 0 Å². The predicted octanol–water partition coefficient (Wildman–Crippen LogP) is 2.20. The van der Waals surface area contributed by atoms with Gasteiger partial charge in [-0.05, 0) is 43.7 Å². The van der Waals surface area contributed by atoms with Gasteiger partial charge in [0.05, 0.1) is 12.3 Å². The molecule has 152 valence electrons. The first kappa shape index (κ1) is 18.1. The highest BCUT2D eigenvalue weighted by Crippen LogP contribution is 2.42. The van der Waals surface area contributed by atoms with Crippen LogP contribution in [0.5, 0.6) is 11.5 Å². The number of aromatic nitrogens is 6. The smallest absolute Gasteiger partial charge is 0.226 e. The fourth-order valence-corrected chi connectivity index (χ4v) is 3.85. The number of hydrogen-bond donors (Lipinski definition) is 2. The van der Waals surface area contributed by atoms with Crippen molar-refractivity contribution in [3.8, 4) is 17.3 Å². The summed E-state index contributed by atoms with van der Waals surface area (Å²) in [5.74, 6) is 1.24. The average Bonchev–Trinajstić information content (AvgIpc) is 3.33. The average molecular weight is 405 g/mol. The van der Waals surface area contributed by atoms with Crippen molar-refractivity contribution < 1.29 is 14.6 Å². The molecule has 4 heterocycles. The van der Waals surface area contributed by atoms with Gasteiger partial charge in [0.1, 0.15) is 12.1 Å². The lowest BCUT2D eigenvalue weighted by atomic mass is 9.85. The van der Waals surface area contributed by atoms with E-state index in [1.807, 2.05) is 19.9 Å². The van der Waals surface area contributed by atoms with Gasteiger partial charge in [-0.1, -0.05) is 6.07 Å². The van der Waals surface area contributed by atoms with Crippen LogP contribution >= 0.6 is 0 Å². The highest BCUT2D eigenvalue weighted by Gasteiger charge is 2.33. The van der Waals surface area contributed by atoms with Gasteiger partial charge >= 0.3 is 0 Å². The number of anilines is 1. The molecule has 2 N–H and O–H groups in total. The zero-order valence-electron chi connectivity index (χ0n) is 16.4. The van der Waals surface area contributed by atoms with E-state index < -0.39 is 0 Å². The molecule has 0 saturated carbocycles. The minimum absolute atomic E-state index is 0.0694. The van der Waals surface area contributed by atoms with E-state index in [0.29, 0.717) is 29.6 Å². The number of carbonyl (C=O) groups is 1. The van der Waals surface area contributed by atoms with Crippen LogP contribution in [0.4, 0.5) is 5.82 Å². The number of benzene rings is 1. The molecule has 1 aliphatic heterocycles. The molecule has 5 rings (SSSR count). The van der Waals surface area contributed by atoms with Crippen molar-refractivity contribution in [1.29, 1.82) is 0 Å². The molecule has 0 bridgehead atoms. The lowest BCUT2D eigenvalue weighted by molar-refractivity contribution is -0.116. The zero-order chi connectivity index (χ0) is 20.8. The Labute approximate surface area is 171 Å². The number of amides is 1. The Hall–Kier alpha value is -3.95. The Kier molecular flexibility index (Phi) is 4.12. The molecule has 0 fully saturated rings. The molecule has 0 radical (unpaired) electrons. The van der Waals surface area contributed by atoms with Crippen LogP contribution in [-0.2, 0) is 4.79 Å². The Morgan fingerprint density at radius 1 is 1.27 bits per heavy atom. The molecule has 1 aliphatic rings. The van der Waals surface area contributed by atoms with Crippen molar-refractivity contribution in [2.75, 3.05) is 11.9 Å². The normalized spacial score (nSPS) is 15.8. The fraction of sp³-hybridized carbons (Fsp3) is 0.250. The fourth-order valence-electron chi connectivity index (χ4n) is 3.85. The quantitative estimate of drug-likeness (QED) is 0.534. The third kappa shape index (κ3) is 2.84. The van der Waals surface area contributed by atoms with Crippen molar-refractivity contribution >= 4 is 17.4 Å². The monoisotopic (exact) mass is 405 g/mol. The Morgan fingerprint density at radius 3 is 2.97 bits per heavy atom. The van der Waals surface area contributed by atoms with E-state index in [4.69, 9.17) is 4.74 Å². The molecular weight excluding hydrogens is 386 g/mol. The molecule has 1 aromatic carbocycles. The SMILES string of the molecule is CCOc1cc(C2CC(=O)Nc3c2c(C)nn3-c2ccc3nncn3n2)ccc1O. The molecule has 0 saturated heterocycles. The van der Waals surface area contributed by atoms with Gasteiger partial charge in [0.25, 0.3) is 0 Å². The van der Waals surface area contributed by atoms with Crippen LogP contribution in [0.2, 0.25) is 0 Å². The van der Waals surface area contributed by atoms with Crippen LogP contribution in [0.1, 0.15) is 36.1 Å². The topological polar surface area (TPSA) is 119 Å². The number of nitrogens with zero attached hydrogens (tertiary/aromatic N) is 6. The van der Waals surface area contributed by atoms with Gasteiger partial charge in [-0.3, -0.25) is 4.79 Å². The lowest BCUT2D eigenvalue weighted by Gasteiger charge is -2.24. The van der Waals surface area contributed by atoms with Crippen molar-refractivity contribution in [1.82, 2.24) is 29.6 Å². The van der Waals surface area contributed by atoms with E-state index in [1.54, 1.807) is 33.5 Å². The second-order valence-electron chi connectivity index (χ2n) is 7.05. The first-order valence-corrected chi connectivity index (χ1v) is 9.57. The molecule has 10 heteroatoms. The maximum atomic E-state index is 12.6. The summed E-state index contributed by atoms with van der Waals surface area (Å²) in [4.78, 5) is 12.6. The van der Waals surface area contributed by atoms with E-state index >= 15 is 0 Å². The summed E-state index contributed by atoms with van der Waals surface area (Å²) in [6.07, 6.45) is 1.78. The van der Waals surface area contributed by atoms with E-state index in [0.717, 1.165) is 16.8 Å². The van der Waals surface area contributed by atoms with Gasteiger partial charge in [0.15, 0.2) is 23.0 Å². The summed E-state index contributed by atoms with van der Waals surface area (Å²) in [5.41, 5.74) is 3.18. The number of phenolic OH excluding ortho intramolecular Hbond substituents is 1. The predicted molar refractivity (Wildman–Crippen MR) is 107 cm³/mol. The molecular formula is C20H19N7O3. The molecule has 1 atom stereocenters. The van der Waals surface area contributed by atoms with Crippen LogP contribution < -0.4 is 10.1 Å². The number of aryl methyl sites for hydroxylation is 1. The third-order valence-corrected chi connectivity index (χ3v) is 5.15. The Morgan fingerprint density at radius 2 is 2.13 bits per heavy atom. The number of ether oxygens (including phenoxy) is 1. The lowest BCUT2D eigenvalue weighted by Crippen LogP contribution is -2.25. The van der Waals surface area contributed by atoms with E-state index in [2.05, 4.69) is 25.7 Å². The van der Waals surface area contributed by atoms with E-state index in [1.165, 1.54) is 6.33 Å². The second-order valence-corrected chi connectivity index (χ2v) is 7.05. The van der Waals surface area contributed by atoms with Gasteiger partial charge in [-0.15, -0.1) is 15.3 Å². The zero-order valence-corrected chi connectivity index (χ0v) is 16.4. The van der Waals surface area contributed by atoms with Crippen molar-refractivity contribution in [3.05, 3.63) is 53.5 Å². The number of aromatic hydroxyl groups is 1. The number of rotatable bonds is 4. The summed E-state index contributed by atoms with van der Waals surface area (Å²) in [7, 11) is 0. The molecule has 0 spiro atoms. The van der Waals surface area contributed by atoms with Gasteiger partial charge < -0.3 is 15.2 Å². The largest absolute Gasteiger partial charge is 0.504 e. The van der Waals surface area contributed by atoms with Gasteiger partial charge in [-0.25, -0.2) is 0 Å². The van der Waals surface area contributed by atoms with E-state index in [9.17, 15) is 9.90 Å². The summed E-state index contributed by atoms with van der Waals surface area (Å²) < 4.78 is 8.70. The minimum atomic E-state index is -0.221.